The van der Waals surface area contributed by atoms with Crippen LogP contribution in [0.1, 0.15) is 47.4 Å². The topological polar surface area (TPSA) is 56.4 Å². The lowest BCUT2D eigenvalue weighted by atomic mass is 10.1. The second kappa shape index (κ2) is 6.24. The second-order valence-electron chi connectivity index (χ2n) is 6.61. The summed E-state index contributed by atoms with van der Waals surface area (Å²) in [5, 5.41) is 0. The third-order valence-electron chi connectivity index (χ3n) is 4.93. The fourth-order valence-corrected chi connectivity index (χ4v) is 3.78. The number of amides is 1. The largest absolute Gasteiger partial charge is 0.362 e. The van der Waals surface area contributed by atoms with Crippen LogP contribution in [0, 0.1) is 13.8 Å². The number of hydrogen-bond acceptors (Lipinski definition) is 3. The lowest BCUT2D eigenvalue weighted by Gasteiger charge is -2.32. The normalized spacial score (nSPS) is 23.0. The van der Waals surface area contributed by atoms with E-state index < -0.39 is 0 Å². The van der Waals surface area contributed by atoms with Gasteiger partial charge in [0.2, 0.25) is 0 Å². The average molecular weight is 303 g/mol. The van der Waals surface area contributed by atoms with E-state index in [1.54, 1.807) is 6.92 Å². The number of rotatable bonds is 2. The summed E-state index contributed by atoms with van der Waals surface area (Å²) in [4.78, 5) is 32.4. The van der Waals surface area contributed by atoms with Crippen LogP contribution in [0.15, 0.2) is 10.9 Å². The molecule has 3 heterocycles. The van der Waals surface area contributed by atoms with E-state index in [2.05, 4.69) is 9.88 Å². The van der Waals surface area contributed by atoms with E-state index in [9.17, 15) is 9.59 Å². The minimum atomic E-state index is -0.167. The number of carbonyl (C=O) groups excluding carboxylic acids is 1. The highest BCUT2D eigenvalue weighted by Crippen LogP contribution is 2.21. The maximum Gasteiger partial charge on any atom is 0.259 e. The van der Waals surface area contributed by atoms with Gasteiger partial charge in [-0.1, -0.05) is 6.42 Å². The summed E-state index contributed by atoms with van der Waals surface area (Å²) < 4.78 is 0. The Labute approximate surface area is 131 Å². The van der Waals surface area contributed by atoms with Gasteiger partial charge in [0, 0.05) is 36.6 Å². The number of aromatic nitrogens is 1. The highest BCUT2D eigenvalue weighted by molar-refractivity contribution is 5.95. The molecule has 0 aromatic carbocycles. The van der Waals surface area contributed by atoms with E-state index in [1.165, 1.54) is 25.3 Å². The molecule has 5 nitrogen and oxygen atoms in total. The molecule has 1 amide bonds. The Morgan fingerprint density at radius 1 is 1.18 bits per heavy atom. The molecule has 5 heteroatoms. The maximum atomic E-state index is 12.7. The molecule has 0 aliphatic carbocycles. The number of likely N-dealkylation sites (tertiary alicyclic amines) is 2. The van der Waals surface area contributed by atoms with Gasteiger partial charge in [-0.3, -0.25) is 14.5 Å². The standard InChI is InChI=1S/C17H25N3O2/c1-12-10-15(21)16(13(2)18-12)17(22)20-9-6-14(11-20)19-7-4-3-5-8-19/h10,14H,3-9,11H2,1-2H3,(H,18,21)/t14-/m1/s1. The second-order valence-corrected chi connectivity index (χ2v) is 6.61. The molecule has 3 rings (SSSR count). The van der Waals surface area contributed by atoms with Gasteiger partial charge in [0.25, 0.3) is 5.91 Å². The molecule has 0 bridgehead atoms. The molecule has 0 saturated carbocycles. The zero-order chi connectivity index (χ0) is 15.7. The SMILES string of the molecule is Cc1cc(=O)c(C(=O)N2CC[C@@H](N3CCCCC3)C2)c(C)[nH]1. The molecule has 1 aromatic rings. The Kier molecular flexibility index (Phi) is 4.34. The third-order valence-corrected chi connectivity index (χ3v) is 4.93. The predicted molar refractivity (Wildman–Crippen MR) is 86.3 cm³/mol. The van der Waals surface area contributed by atoms with Crippen LogP contribution in [-0.2, 0) is 0 Å². The monoisotopic (exact) mass is 303 g/mol. The Hall–Kier alpha value is -1.62. The van der Waals surface area contributed by atoms with E-state index in [0.29, 0.717) is 17.3 Å². The quantitative estimate of drug-likeness (QED) is 0.904. The zero-order valence-electron chi connectivity index (χ0n) is 13.5. The first-order valence-electron chi connectivity index (χ1n) is 8.30. The summed E-state index contributed by atoms with van der Waals surface area (Å²) in [6.45, 7) is 7.46. The van der Waals surface area contributed by atoms with Crippen LogP contribution in [-0.4, -0.2) is 52.9 Å². The number of hydrogen-bond donors (Lipinski definition) is 1. The smallest absolute Gasteiger partial charge is 0.259 e. The van der Waals surface area contributed by atoms with Gasteiger partial charge in [-0.15, -0.1) is 0 Å². The van der Waals surface area contributed by atoms with Crippen molar-refractivity contribution in [2.75, 3.05) is 26.2 Å². The first kappa shape index (κ1) is 15.3. The molecule has 2 aliphatic rings. The van der Waals surface area contributed by atoms with Gasteiger partial charge in [-0.2, -0.15) is 0 Å². The van der Waals surface area contributed by atoms with Crippen molar-refractivity contribution in [3.05, 3.63) is 33.2 Å². The number of nitrogens with one attached hydrogen (secondary N) is 1. The third kappa shape index (κ3) is 2.95. The van der Waals surface area contributed by atoms with Gasteiger partial charge in [0.1, 0.15) is 5.56 Å². The van der Waals surface area contributed by atoms with Gasteiger partial charge >= 0.3 is 0 Å². The zero-order valence-corrected chi connectivity index (χ0v) is 13.5. The minimum absolute atomic E-state index is 0.113. The number of H-pyrrole nitrogens is 1. The first-order chi connectivity index (χ1) is 10.6. The molecule has 120 valence electrons. The van der Waals surface area contributed by atoms with Crippen molar-refractivity contribution in [2.24, 2.45) is 0 Å². The van der Waals surface area contributed by atoms with Crippen LogP contribution in [0.2, 0.25) is 0 Å². The Balaban J connectivity index is 1.73. The van der Waals surface area contributed by atoms with Crippen LogP contribution < -0.4 is 5.43 Å². The maximum absolute atomic E-state index is 12.7. The number of carbonyl (C=O) groups is 1. The van der Waals surface area contributed by atoms with Crippen molar-refractivity contribution >= 4 is 5.91 Å². The van der Waals surface area contributed by atoms with Crippen molar-refractivity contribution < 1.29 is 4.79 Å². The van der Waals surface area contributed by atoms with Crippen LogP contribution in [0.4, 0.5) is 0 Å². The lowest BCUT2D eigenvalue weighted by molar-refractivity contribution is 0.0769. The molecule has 2 fully saturated rings. The highest BCUT2D eigenvalue weighted by atomic mass is 16.2. The van der Waals surface area contributed by atoms with Crippen molar-refractivity contribution in [1.29, 1.82) is 0 Å². The summed E-state index contributed by atoms with van der Waals surface area (Å²) in [6.07, 6.45) is 4.88. The first-order valence-corrected chi connectivity index (χ1v) is 8.30. The minimum Gasteiger partial charge on any atom is -0.362 e. The molecule has 0 spiro atoms. The summed E-state index contributed by atoms with van der Waals surface area (Å²) in [6, 6.07) is 1.98. The molecule has 0 radical (unpaired) electrons. The van der Waals surface area contributed by atoms with Gasteiger partial charge in [0.15, 0.2) is 5.43 Å². The van der Waals surface area contributed by atoms with E-state index >= 15 is 0 Å². The molecule has 22 heavy (non-hydrogen) atoms. The molecule has 2 aliphatic heterocycles. The van der Waals surface area contributed by atoms with Crippen molar-refractivity contribution in [1.82, 2.24) is 14.8 Å². The van der Waals surface area contributed by atoms with Crippen molar-refractivity contribution in [3.63, 3.8) is 0 Å². The van der Waals surface area contributed by atoms with Crippen LogP contribution in [0.25, 0.3) is 0 Å². The molecular formula is C17H25N3O2. The summed E-state index contributed by atoms with van der Waals surface area (Å²) >= 11 is 0. The summed E-state index contributed by atoms with van der Waals surface area (Å²) in [5.74, 6) is -0.113. The van der Waals surface area contributed by atoms with E-state index in [0.717, 1.165) is 38.3 Å². The van der Waals surface area contributed by atoms with Crippen LogP contribution in [0.3, 0.4) is 0 Å². The Morgan fingerprint density at radius 2 is 1.91 bits per heavy atom. The van der Waals surface area contributed by atoms with Crippen molar-refractivity contribution in [3.8, 4) is 0 Å². The molecule has 1 N–H and O–H groups in total. The number of pyridine rings is 1. The van der Waals surface area contributed by atoms with E-state index in [1.807, 2.05) is 11.8 Å². The van der Waals surface area contributed by atoms with Crippen molar-refractivity contribution in [2.45, 2.75) is 45.6 Å². The van der Waals surface area contributed by atoms with Crippen LogP contribution >= 0.6 is 0 Å². The number of aromatic amines is 1. The highest BCUT2D eigenvalue weighted by Gasteiger charge is 2.32. The molecular weight excluding hydrogens is 278 g/mol. The van der Waals surface area contributed by atoms with E-state index in [-0.39, 0.29) is 11.3 Å². The van der Waals surface area contributed by atoms with Crippen LogP contribution in [0.5, 0.6) is 0 Å². The molecule has 1 aromatic heterocycles. The number of nitrogens with zero attached hydrogens (tertiary/aromatic N) is 2. The fourth-order valence-electron chi connectivity index (χ4n) is 3.78. The van der Waals surface area contributed by atoms with Gasteiger partial charge in [-0.05, 0) is 46.2 Å². The van der Waals surface area contributed by atoms with E-state index in [4.69, 9.17) is 0 Å². The number of piperidine rings is 1. The molecule has 2 saturated heterocycles. The lowest BCUT2D eigenvalue weighted by Crippen LogP contribution is -2.42. The van der Waals surface area contributed by atoms with Gasteiger partial charge < -0.3 is 9.88 Å². The molecule has 1 atom stereocenters. The fraction of sp³-hybridized carbons (Fsp3) is 0.647. The average Bonchev–Trinajstić information content (AvgIpc) is 2.97. The van der Waals surface area contributed by atoms with Gasteiger partial charge in [0.05, 0.1) is 0 Å². The molecule has 0 unspecified atom stereocenters. The number of aryl methyl sites for hydroxylation is 2. The Bertz CT molecular complexity index is 617. The summed E-state index contributed by atoms with van der Waals surface area (Å²) in [7, 11) is 0. The predicted octanol–water partition coefficient (Wildman–Crippen LogP) is 1.69. The Morgan fingerprint density at radius 3 is 2.59 bits per heavy atom. The summed E-state index contributed by atoms with van der Waals surface area (Å²) in [5.41, 5.74) is 1.62. The van der Waals surface area contributed by atoms with Gasteiger partial charge in [-0.25, -0.2) is 0 Å².